The minimum atomic E-state index is 0.207. The second-order valence-electron chi connectivity index (χ2n) is 11.7. The summed E-state index contributed by atoms with van der Waals surface area (Å²) in [6.07, 6.45) is 9.26. The number of ether oxygens (including phenoxy) is 1. The number of fused-ring (bicyclic) bond motifs is 3. The van der Waals surface area contributed by atoms with E-state index in [-0.39, 0.29) is 11.8 Å². The van der Waals surface area contributed by atoms with Crippen molar-refractivity contribution in [2.24, 2.45) is 11.3 Å². The molecule has 9 heteroatoms. The molecule has 3 aromatic rings. The number of carbonyl (C=O) groups excluding carboxylic acids is 1. The Bertz CT molecular complexity index is 1370. The second-order valence-corrected chi connectivity index (χ2v) is 11.7. The highest BCUT2D eigenvalue weighted by molar-refractivity contribution is 6.00. The molecule has 0 radical (unpaired) electrons. The van der Waals surface area contributed by atoms with Crippen LogP contribution in [0.2, 0.25) is 0 Å². The van der Waals surface area contributed by atoms with Gasteiger partial charge in [0.2, 0.25) is 11.9 Å². The Hall–Kier alpha value is -3.04. The van der Waals surface area contributed by atoms with Crippen LogP contribution in [-0.2, 0) is 9.53 Å². The van der Waals surface area contributed by atoms with Gasteiger partial charge in [0.25, 0.3) is 0 Å². The Morgan fingerprint density at radius 2 is 1.94 bits per heavy atom. The van der Waals surface area contributed by atoms with Gasteiger partial charge < -0.3 is 15.0 Å². The summed E-state index contributed by atoms with van der Waals surface area (Å²) in [6, 6.07) is 7.53. The molecule has 2 aliphatic carbocycles. The lowest BCUT2D eigenvalue weighted by atomic mass is 9.60. The highest BCUT2D eigenvalue weighted by Crippen LogP contribution is 2.55. The number of hydrogen-bond acceptors (Lipinski definition) is 7. The highest BCUT2D eigenvalue weighted by atomic mass is 16.5. The number of anilines is 3. The fourth-order valence-corrected chi connectivity index (χ4v) is 7.27. The minimum Gasteiger partial charge on any atom is -0.378 e. The van der Waals surface area contributed by atoms with Gasteiger partial charge in [-0.15, -0.1) is 0 Å². The van der Waals surface area contributed by atoms with E-state index < -0.39 is 0 Å². The van der Waals surface area contributed by atoms with E-state index in [0.29, 0.717) is 29.5 Å². The molecule has 2 saturated carbocycles. The highest BCUT2D eigenvalue weighted by Gasteiger charge is 2.55. The van der Waals surface area contributed by atoms with Gasteiger partial charge in [0.05, 0.1) is 48.4 Å². The molecular formula is C27H31N7O2. The average molecular weight is 486 g/mol. The van der Waals surface area contributed by atoms with Crippen LogP contribution < -0.4 is 10.2 Å². The standard InChI is InChI=1S/C27H31N7O2/c1-16-24(11-29-34(16)21-8-27(9-21)14-32(15-27)22-12-36-13-22)31-26-28-10-18-3-5-20(7-23(18)30-26)33-19-4-2-17(6-19)25(33)35/h3,5,7,10-11,17,19,21-22H,2,4,6,8-9,12-15H2,1H3,(H,28,30,31). The first-order valence-electron chi connectivity index (χ1n) is 13.3. The van der Waals surface area contributed by atoms with Crippen LogP contribution in [0.5, 0.6) is 0 Å². The van der Waals surface area contributed by atoms with Crippen molar-refractivity contribution >= 4 is 34.1 Å². The molecule has 1 aromatic carbocycles. The number of rotatable bonds is 5. The van der Waals surface area contributed by atoms with Gasteiger partial charge in [0, 0.05) is 42.3 Å². The molecule has 1 spiro atoms. The van der Waals surface area contributed by atoms with Crippen molar-refractivity contribution in [3.63, 3.8) is 0 Å². The predicted molar refractivity (Wildman–Crippen MR) is 135 cm³/mol. The second kappa shape index (κ2) is 7.49. The average Bonchev–Trinajstić information content (AvgIpc) is 3.49. The molecule has 5 heterocycles. The molecular weight excluding hydrogens is 454 g/mol. The van der Waals surface area contributed by atoms with Crippen LogP contribution in [0, 0.1) is 18.3 Å². The number of nitrogens with zero attached hydrogens (tertiary/aromatic N) is 6. The number of amides is 1. The van der Waals surface area contributed by atoms with Crippen LogP contribution in [0.3, 0.4) is 0 Å². The summed E-state index contributed by atoms with van der Waals surface area (Å²) in [7, 11) is 0. The smallest absolute Gasteiger partial charge is 0.230 e. The van der Waals surface area contributed by atoms with Crippen molar-refractivity contribution in [1.29, 1.82) is 0 Å². The third-order valence-electron chi connectivity index (χ3n) is 9.39. The largest absolute Gasteiger partial charge is 0.378 e. The zero-order valence-electron chi connectivity index (χ0n) is 20.6. The normalized spacial score (nSPS) is 27.5. The first kappa shape index (κ1) is 21.1. The molecule has 36 heavy (non-hydrogen) atoms. The van der Waals surface area contributed by atoms with Gasteiger partial charge in [-0.25, -0.2) is 9.97 Å². The van der Waals surface area contributed by atoms with Crippen molar-refractivity contribution in [3.8, 4) is 0 Å². The summed E-state index contributed by atoms with van der Waals surface area (Å²) >= 11 is 0. The fraction of sp³-hybridized carbons (Fsp3) is 0.556. The Morgan fingerprint density at radius 1 is 1.08 bits per heavy atom. The quantitative estimate of drug-likeness (QED) is 0.592. The summed E-state index contributed by atoms with van der Waals surface area (Å²) in [6.45, 7) is 6.34. The van der Waals surface area contributed by atoms with Crippen LogP contribution in [-0.4, -0.2) is 68.9 Å². The topological polar surface area (TPSA) is 88.4 Å². The molecule has 2 bridgehead atoms. The van der Waals surface area contributed by atoms with Gasteiger partial charge in [0.15, 0.2) is 0 Å². The summed E-state index contributed by atoms with van der Waals surface area (Å²) in [5, 5.41) is 9.08. The molecule has 3 saturated heterocycles. The monoisotopic (exact) mass is 485 g/mol. The lowest BCUT2D eigenvalue weighted by Crippen LogP contribution is -2.68. The fourth-order valence-electron chi connectivity index (χ4n) is 7.27. The van der Waals surface area contributed by atoms with Crippen molar-refractivity contribution in [2.75, 3.05) is 36.5 Å². The minimum absolute atomic E-state index is 0.207. The van der Waals surface area contributed by atoms with Crippen LogP contribution in [0.4, 0.5) is 17.3 Å². The van der Waals surface area contributed by atoms with Crippen LogP contribution in [0.15, 0.2) is 30.6 Å². The van der Waals surface area contributed by atoms with E-state index in [9.17, 15) is 4.79 Å². The number of hydrogen-bond donors (Lipinski definition) is 1. The SMILES string of the molecule is Cc1c(Nc2ncc3ccc(N4C(=O)C5CCC4C5)cc3n2)cnn1C1CC2(C1)CN(C1COC1)C2. The number of aromatic nitrogens is 4. The number of benzene rings is 1. The maximum atomic E-state index is 12.7. The van der Waals surface area contributed by atoms with Crippen molar-refractivity contribution in [2.45, 2.75) is 57.2 Å². The van der Waals surface area contributed by atoms with Crippen LogP contribution in [0.1, 0.15) is 43.8 Å². The van der Waals surface area contributed by atoms with Gasteiger partial charge in [-0.05, 0) is 62.6 Å². The Labute approximate surface area is 209 Å². The van der Waals surface area contributed by atoms with Crippen molar-refractivity contribution < 1.29 is 9.53 Å². The molecule has 1 amide bonds. The molecule has 3 aliphatic heterocycles. The summed E-state index contributed by atoms with van der Waals surface area (Å²) in [4.78, 5) is 26.6. The molecule has 9 nitrogen and oxygen atoms in total. The Balaban J connectivity index is 0.976. The third-order valence-corrected chi connectivity index (χ3v) is 9.39. The Morgan fingerprint density at radius 3 is 2.69 bits per heavy atom. The van der Waals surface area contributed by atoms with E-state index in [1.165, 1.54) is 25.9 Å². The zero-order valence-corrected chi connectivity index (χ0v) is 20.6. The van der Waals surface area contributed by atoms with Gasteiger partial charge in [-0.2, -0.15) is 5.10 Å². The first-order chi connectivity index (χ1) is 17.6. The van der Waals surface area contributed by atoms with Gasteiger partial charge in [0.1, 0.15) is 0 Å². The summed E-state index contributed by atoms with van der Waals surface area (Å²) in [5.74, 6) is 1.03. The Kier molecular flexibility index (Phi) is 4.39. The molecule has 2 aromatic heterocycles. The van der Waals surface area contributed by atoms with Crippen molar-refractivity contribution in [1.82, 2.24) is 24.6 Å². The third kappa shape index (κ3) is 3.08. The van der Waals surface area contributed by atoms with E-state index >= 15 is 0 Å². The molecule has 1 N–H and O–H groups in total. The number of carbonyl (C=O) groups is 1. The molecule has 2 unspecified atom stereocenters. The van der Waals surface area contributed by atoms with E-state index in [1.54, 1.807) is 0 Å². The maximum absolute atomic E-state index is 12.7. The lowest BCUT2D eigenvalue weighted by molar-refractivity contribution is -0.166. The summed E-state index contributed by atoms with van der Waals surface area (Å²) in [5.41, 5.74) is 4.35. The van der Waals surface area contributed by atoms with Crippen molar-refractivity contribution in [3.05, 3.63) is 36.3 Å². The molecule has 8 rings (SSSR count). The molecule has 5 aliphatic rings. The summed E-state index contributed by atoms with van der Waals surface area (Å²) < 4.78 is 7.52. The van der Waals surface area contributed by atoms with Gasteiger partial charge in [-0.1, -0.05) is 0 Å². The first-order valence-corrected chi connectivity index (χ1v) is 13.3. The molecule has 2 atom stereocenters. The molecule has 186 valence electrons. The zero-order chi connectivity index (χ0) is 24.0. The van der Waals surface area contributed by atoms with E-state index in [0.717, 1.165) is 60.4 Å². The predicted octanol–water partition coefficient (Wildman–Crippen LogP) is 3.43. The van der Waals surface area contributed by atoms with Crippen LogP contribution >= 0.6 is 0 Å². The van der Waals surface area contributed by atoms with E-state index in [4.69, 9.17) is 14.8 Å². The van der Waals surface area contributed by atoms with Gasteiger partial charge in [-0.3, -0.25) is 14.4 Å². The van der Waals surface area contributed by atoms with Crippen LogP contribution in [0.25, 0.3) is 10.9 Å². The number of piperidine rings is 1. The number of likely N-dealkylation sites (tertiary alicyclic amines) is 1. The lowest BCUT2D eigenvalue weighted by Gasteiger charge is -2.62. The van der Waals surface area contributed by atoms with Gasteiger partial charge >= 0.3 is 0 Å². The maximum Gasteiger partial charge on any atom is 0.230 e. The van der Waals surface area contributed by atoms with E-state index in [1.807, 2.05) is 35.5 Å². The number of nitrogens with one attached hydrogen (secondary N) is 1. The molecule has 5 fully saturated rings. The van der Waals surface area contributed by atoms with E-state index in [2.05, 4.69) is 26.8 Å².